The molecule has 1 aliphatic rings. The number of nitrogens with zero attached hydrogens (tertiary/aromatic N) is 1. The molecule has 1 aromatic heterocycles. The number of hydrogen-bond acceptors (Lipinski definition) is 3. The molecule has 0 aliphatic carbocycles. The van der Waals surface area contributed by atoms with E-state index in [1.807, 2.05) is 31.2 Å². The fourth-order valence-electron chi connectivity index (χ4n) is 2.30. The normalized spacial score (nSPS) is 17.1. The number of anilines is 1. The lowest BCUT2D eigenvalue weighted by molar-refractivity contribution is -0.0890. The van der Waals surface area contributed by atoms with Crippen LogP contribution in [0.25, 0.3) is 10.1 Å². The number of methoxy groups -OCH3 is 1. The van der Waals surface area contributed by atoms with Gasteiger partial charge in [0.05, 0.1) is 18.1 Å². The van der Waals surface area contributed by atoms with Crippen LogP contribution in [0.4, 0.5) is 9.80 Å². The van der Waals surface area contributed by atoms with Gasteiger partial charge >= 0.3 is 6.03 Å². The van der Waals surface area contributed by atoms with Crippen LogP contribution in [-0.2, 0) is 4.74 Å². The molecule has 0 radical (unpaired) electrons. The predicted molar refractivity (Wildman–Crippen MR) is 82.8 cm³/mol. The number of thiophene rings is 1. The van der Waals surface area contributed by atoms with Crippen LogP contribution in [0.3, 0.4) is 0 Å². The molecule has 20 heavy (non-hydrogen) atoms. The van der Waals surface area contributed by atoms with E-state index in [4.69, 9.17) is 16.3 Å². The molecule has 4 nitrogen and oxygen atoms in total. The molecule has 106 valence electrons. The van der Waals surface area contributed by atoms with Crippen molar-refractivity contribution in [3.63, 3.8) is 0 Å². The summed E-state index contributed by atoms with van der Waals surface area (Å²) in [6.07, 6.45) is 0. The van der Waals surface area contributed by atoms with Gasteiger partial charge in [-0.1, -0.05) is 29.8 Å². The molecule has 3 rings (SSSR count). The summed E-state index contributed by atoms with van der Waals surface area (Å²) in [4.78, 5) is 13.8. The average Bonchev–Trinajstić information content (AvgIpc) is 2.72. The number of amides is 2. The summed E-state index contributed by atoms with van der Waals surface area (Å²) < 4.78 is 6.40. The number of rotatable bonds is 2. The van der Waals surface area contributed by atoms with Gasteiger partial charge in [-0.3, -0.25) is 5.32 Å². The largest absolute Gasteiger partial charge is 0.375 e. The number of ether oxygens (including phenoxy) is 1. The van der Waals surface area contributed by atoms with Gasteiger partial charge in [-0.05, 0) is 13.0 Å². The lowest BCUT2D eigenvalue weighted by Crippen LogP contribution is -2.63. The third kappa shape index (κ3) is 2.26. The molecule has 2 amide bonds. The minimum absolute atomic E-state index is 0.131. The van der Waals surface area contributed by atoms with Crippen molar-refractivity contribution in [2.45, 2.75) is 12.5 Å². The number of nitrogens with one attached hydrogen (secondary N) is 1. The number of urea groups is 1. The number of likely N-dealkylation sites (tertiary alicyclic amines) is 1. The molecule has 0 spiro atoms. The Hall–Kier alpha value is -1.30. The Kier molecular flexibility index (Phi) is 3.36. The number of carbonyl (C=O) groups excluding carboxylic acids is 1. The number of fused-ring (bicyclic) bond motifs is 1. The summed E-state index contributed by atoms with van der Waals surface area (Å²) in [5, 5.41) is 5.16. The highest BCUT2D eigenvalue weighted by Gasteiger charge is 2.41. The SMILES string of the molecule is COC1(C)CN(C(=O)Nc2sc3ccccc3c2Cl)C1. The van der Waals surface area contributed by atoms with Gasteiger partial charge in [0.15, 0.2) is 0 Å². The lowest BCUT2D eigenvalue weighted by Gasteiger charge is -2.46. The maximum atomic E-state index is 12.1. The molecule has 1 N–H and O–H groups in total. The molecule has 0 atom stereocenters. The van der Waals surface area contributed by atoms with Crippen LogP contribution in [0.2, 0.25) is 5.02 Å². The van der Waals surface area contributed by atoms with E-state index in [9.17, 15) is 4.79 Å². The quantitative estimate of drug-likeness (QED) is 0.916. The summed E-state index contributed by atoms with van der Waals surface area (Å²) >= 11 is 7.79. The van der Waals surface area contributed by atoms with E-state index in [2.05, 4.69) is 5.32 Å². The molecule has 2 heterocycles. The Balaban J connectivity index is 1.74. The van der Waals surface area contributed by atoms with E-state index in [0.717, 1.165) is 10.1 Å². The van der Waals surface area contributed by atoms with Crippen LogP contribution >= 0.6 is 22.9 Å². The lowest BCUT2D eigenvalue weighted by atomic mass is 9.97. The molecule has 1 aromatic carbocycles. The van der Waals surface area contributed by atoms with Crippen molar-refractivity contribution in [1.29, 1.82) is 0 Å². The molecule has 1 saturated heterocycles. The second-order valence-corrected chi connectivity index (χ2v) is 6.61. The topological polar surface area (TPSA) is 41.6 Å². The summed E-state index contributed by atoms with van der Waals surface area (Å²) in [6.45, 7) is 3.18. The van der Waals surface area contributed by atoms with Crippen molar-refractivity contribution in [3.8, 4) is 0 Å². The number of carbonyl (C=O) groups is 1. The van der Waals surface area contributed by atoms with E-state index in [1.165, 1.54) is 11.3 Å². The highest BCUT2D eigenvalue weighted by atomic mass is 35.5. The van der Waals surface area contributed by atoms with Crippen LogP contribution in [0.15, 0.2) is 24.3 Å². The van der Waals surface area contributed by atoms with Gasteiger partial charge in [0, 0.05) is 17.2 Å². The minimum atomic E-state index is -0.221. The second-order valence-electron chi connectivity index (χ2n) is 5.18. The zero-order valence-corrected chi connectivity index (χ0v) is 12.8. The van der Waals surface area contributed by atoms with Crippen LogP contribution in [0.5, 0.6) is 0 Å². The van der Waals surface area contributed by atoms with Crippen molar-refractivity contribution in [3.05, 3.63) is 29.3 Å². The first kappa shape index (κ1) is 13.7. The van der Waals surface area contributed by atoms with Gasteiger partial charge < -0.3 is 9.64 Å². The molecule has 2 aromatic rings. The van der Waals surface area contributed by atoms with Crippen LogP contribution in [0.1, 0.15) is 6.92 Å². The molecule has 0 unspecified atom stereocenters. The zero-order chi connectivity index (χ0) is 14.3. The van der Waals surface area contributed by atoms with Gasteiger partial charge in [-0.25, -0.2) is 4.79 Å². The Morgan fingerprint density at radius 2 is 2.15 bits per heavy atom. The fraction of sp³-hybridized carbons (Fsp3) is 0.357. The Bertz CT molecular complexity index is 664. The third-order valence-corrected chi connectivity index (χ3v) is 5.18. The van der Waals surface area contributed by atoms with Crippen molar-refractivity contribution in [2.24, 2.45) is 0 Å². The van der Waals surface area contributed by atoms with E-state index < -0.39 is 0 Å². The maximum absolute atomic E-state index is 12.1. The number of hydrogen-bond donors (Lipinski definition) is 1. The number of halogens is 1. The Morgan fingerprint density at radius 3 is 2.80 bits per heavy atom. The van der Waals surface area contributed by atoms with Crippen molar-refractivity contribution < 1.29 is 9.53 Å². The summed E-state index contributed by atoms with van der Waals surface area (Å²) in [6, 6.07) is 7.71. The van der Waals surface area contributed by atoms with E-state index in [0.29, 0.717) is 23.1 Å². The van der Waals surface area contributed by atoms with Gasteiger partial charge in [0.2, 0.25) is 0 Å². The van der Waals surface area contributed by atoms with Crippen molar-refractivity contribution >= 4 is 44.1 Å². The standard InChI is InChI=1S/C14H15ClN2O2S/c1-14(19-2)7-17(8-14)13(18)16-12-11(15)9-5-3-4-6-10(9)20-12/h3-6H,7-8H2,1-2H3,(H,16,18). The molecule has 6 heteroatoms. The van der Waals surface area contributed by atoms with E-state index >= 15 is 0 Å². The first-order valence-electron chi connectivity index (χ1n) is 6.30. The van der Waals surface area contributed by atoms with Gasteiger partial charge in [-0.2, -0.15) is 0 Å². The van der Waals surface area contributed by atoms with Gasteiger partial charge in [0.1, 0.15) is 10.6 Å². The predicted octanol–water partition coefficient (Wildman–Crippen LogP) is 3.81. The highest BCUT2D eigenvalue weighted by molar-refractivity contribution is 7.23. The average molecular weight is 311 g/mol. The van der Waals surface area contributed by atoms with Crippen LogP contribution in [0, 0.1) is 0 Å². The smallest absolute Gasteiger partial charge is 0.322 e. The van der Waals surface area contributed by atoms with Crippen LogP contribution < -0.4 is 5.32 Å². The maximum Gasteiger partial charge on any atom is 0.322 e. The third-order valence-electron chi connectivity index (χ3n) is 3.59. The van der Waals surface area contributed by atoms with Gasteiger partial charge in [-0.15, -0.1) is 11.3 Å². The van der Waals surface area contributed by atoms with Gasteiger partial charge in [0.25, 0.3) is 0 Å². The van der Waals surface area contributed by atoms with E-state index in [1.54, 1.807) is 12.0 Å². The summed E-state index contributed by atoms with van der Waals surface area (Å²) in [5.41, 5.74) is -0.221. The Morgan fingerprint density at radius 1 is 1.45 bits per heavy atom. The molecule has 1 aliphatic heterocycles. The van der Waals surface area contributed by atoms with Crippen molar-refractivity contribution in [2.75, 3.05) is 25.5 Å². The number of benzene rings is 1. The first-order valence-corrected chi connectivity index (χ1v) is 7.50. The minimum Gasteiger partial charge on any atom is -0.375 e. The van der Waals surface area contributed by atoms with E-state index in [-0.39, 0.29) is 11.6 Å². The monoisotopic (exact) mass is 310 g/mol. The molecule has 0 bridgehead atoms. The summed E-state index contributed by atoms with van der Waals surface area (Å²) in [7, 11) is 1.66. The molecule has 1 fully saturated rings. The fourth-order valence-corrected chi connectivity index (χ4v) is 3.67. The van der Waals surface area contributed by atoms with Crippen LogP contribution in [-0.4, -0.2) is 36.7 Å². The Labute approximate surface area is 126 Å². The summed E-state index contributed by atoms with van der Waals surface area (Å²) in [5.74, 6) is 0. The molecular formula is C14H15ClN2O2S. The van der Waals surface area contributed by atoms with Crippen molar-refractivity contribution in [1.82, 2.24) is 4.90 Å². The second kappa shape index (κ2) is 4.91. The zero-order valence-electron chi connectivity index (χ0n) is 11.3. The molecule has 0 saturated carbocycles. The first-order chi connectivity index (χ1) is 9.52. The molecular weight excluding hydrogens is 296 g/mol. The highest BCUT2D eigenvalue weighted by Crippen LogP contribution is 2.39.